The van der Waals surface area contributed by atoms with Crippen LogP contribution in [-0.2, 0) is 9.47 Å². The number of hydrogen-bond donors (Lipinski definition) is 0. The number of benzene rings is 1. The smallest absolute Gasteiger partial charge is 0.167 e. The molecule has 0 radical (unpaired) electrons. The summed E-state index contributed by atoms with van der Waals surface area (Å²) in [5, 5.41) is 0.694. The molecule has 0 spiro atoms. The van der Waals surface area contributed by atoms with Crippen molar-refractivity contribution >= 4 is 22.0 Å². The molecule has 0 fully saturated rings. The summed E-state index contributed by atoms with van der Waals surface area (Å²) in [4.78, 5) is 0. The number of rotatable bonds is 7. The molecule has 0 N–H and O–H groups in total. The molecule has 0 aromatic heterocycles. The molecule has 2 nitrogen and oxygen atoms in total. The third-order valence-corrected chi connectivity index (χ3v) is 2.50. The average molecular weight is 285 g/mol. The molecule has 0 bridgehead atoms. The largest absolute Gasteiger partial charge is 0.352 e. The molecule has 16 heavy (non-hydrogen) atoms. The first kappa shape index (κ1) is 13.4. The van der Waals surface area contributed by atoms with E-state index >= 15 is 0 Å². The van der Waals surface area contributed by atoms with Crippen LogP contribution in [0, 0.1) is 0 Å². The van der Waals surface area contributed by atoms with Gasteiger partial charge in [-0.2, -0.15) is 0 Å². The van der Waals surface area contributed by atoms with Gasteiger partial charge in [0.25, 0.3) is 0 Å². The number of alkyl halides is 1. The van der Waals surface area contributed by atoms with E-state index in [1.165, 1.54) is 5.56 Å². The Labute approximate surface area is 105 Å². The Morgan fingerprint density at radius 3 is 2.62 bits per heavy atom. The van der Waals surface area contributed by atoms with Crippen LogP contribution in [0.5, 0.6) is 0 Å². The first-order valence-corrected chi connectivity index (χ1v) is 6.49. The molecule has 1 atom stereocenters. The third kappa shape index (κ3) is 5.45. The van der Waals surface area contributed by atoms with E-state index in [2.05, 4.69) is 28.1 Å². The Bertz CT molecular complexity index is 298. The maximum Gasteiger partial charge on any atom is 0.167 e. The second-order valence-electron chi connectivity index (χ2n) is 3.19. The highest BCUT2D eigenvalue weighted by Gasteiger charge is 2.03. The molecule has 1 unspecified atom stereocenters. The fourth-order valence-corrected chi connectivity index (χ4v) is 1.61. The van der Waals surface area contributed by atoms with Crippen LogP contribution in [-0.4, -0.2) is 24.8 Å². The summed E-state index contributed by atoms with van der Waals surface area (Å²) in [7, 11) is 0. The summed E-state index contributed by atoms with van der Waals surface area (Å²) in [6.07, 6.45) is 3.87. The van der Waals surface area contributed by atoms with Gasteiger partial charge in [0.1, 0.15) is 0 Å². The molecule has 0 saturated heterocycles. The fourth-order valence-electron chi connectivity index (χ4n) is 1.23. The van der Waals surface area contributed by atoms with Gasteiger partial charge in [-0.05, 0) is 12.5 Å². The maximum absolute atomic E-state index is 5.50. The average Bonchev–Trinajstić information content (AvgIpc) is 2.34. The van der Waals surface area contributed by atoms with Crippen LogP contribution < -0.4 is 0 Å². The van der Waals surface area contributed by atoms with Crippen molar-refractivity contribution in [1.29, 1.82) is 0 Å². The Morgan fingerprint density at radius 2 is 2.00 bits per heavy atom. The van der Waals surface area contributed by atoms with Crippen LogP contribution in [0.1, 0.15) is 12.5 Å². The summed E-state index contributed by atoms with van der Waals surface area (Å²) < 4.78 is 10.8. The van der Waals surface area contributed by atoms with E-state index in [-0.39, 0.29) is 6.29 Å². The van der Waals surface area contributed by atoms with Crippen molar-refractivity contribution in [2.75, 3.05) is 18.5 Å². The quantitative estimate of drug-likeness (QED) is 0.564. The van der Waals surface area contributed by atoms with Crippen LogP contribution in [0.4, 0.5) is 0 Å². The minimum atomic E-state index is -0.162. The predicted molar refractivity (Wildman–Crippen MR) is 70.6 cm³/mol. The van der Waals surface area contributed by atoms with Gasteiger partial charge >= 0.3 is 0 Å². The lowest BCUT2D eigenvalue weighted by Gasteiger charge is -2.13. The molecule has 0 saturated carbocycles. The SMILES string of the molecule is CCOC(CBr)OC/C=C/c1ccccc1. The summed E-state index contributed by atoms with van der Waals surface area (Å²) in [5.74, 6) is 0. The van der Waals surface area contributed by atoms with Gasteiger partial charge in [0, 0.05) is 6.61 Å². The van der Waals surface area contributed by atoms with Gasteiger partial charge in [-0.1, -0.05) is 58.4 Å². The van der Waals surface area contributed by atoms with Gasteiger partial charge in [0.15, 0.2) is 6.29 Å². The van der Waals surface area contributed by atoms with Crippen LogP contribution in [0.15, 0.2) is 36.4 Å². The Kier molecular flexibility index (Phi) is 7.14. The first-order chi connectivity index (χ1) is 7.86. The Morgan fingerprint density at radius 1 is 1.25 bits per heavy atom. The van der Waals surface area contributed by atoms with Gasteiger partial charge in [0.2, 0.25) is 0 Å². The van der Waals surface area contributed by atoms with E-state index in [0.29, 0.717) is 18.5 Å². The molecule has 1 rings (SSSR count). The van der Waals surface area contributed by atoms with E-state index < -0.39 is 0 Å². The van der Waals surface area contributed by atoms with Crippen molar-refractivity contribution in [3.63, 3.8) is 0 Å². The van der Waals surface area contributed by atoms with Crippen LogP contribution in [0.3, 0.4) is 0 Å². The monoisotopic (exact) mass is 284 g/mol. The number of hydrogen-bond acceptors (Lipinski definition) is 2. The lowest BCUT2D eigenvalue weighted by atomic mass is 10.2. The van der Waals surface area contributed by atoms with Crippen molar-refractivity contribution in [2.45, 2.75) is 13.2 Å². The van der Waals surface area contributed by atoms with E-state index in [4.69, 9.17) is 9.47 Å². The number of ether oxygens (including phenoxy) is 2. The van der Waals surface area contributed by atoms with Crippen molar-refractivity contribution in [3.05, 3.63) is 42.0 Å². The van der Waals surface area contributed by atoms with Crippen LogP contribution >= 0.6 is 15.9 Å². The standard InChI is InChI=1S/C13H17BrO2/c1-2-15-13(11-14)16-10-6-9-12-7-4-3-5-8-12/h3-9,13H,2,10-11H2,1H3/b9-6+. The van der Waals surface area contributed by atoms with E-state index in [0.717, 1.165) is 0 Å². The fraction of sp³-hybridized carbons (Fsp3) is 0.385. The molecule has 0 heterocycles. The summed E-state index contributed by atoms with van der Waals surface area (Å²) in [5.41, 5.74) is 1.18. The van der Waals surface area contributed by atoms with Gasteiger partial charge in [-0.3, -0.25) is 0 Å². The second kappa shape index (κ2) is 8.50. The lowest BCUT2D eigenvalue weighted by molar-refractivity contribution is -0.114. The topological polar surface area (TPSA) is 18.5 Å². The highest BCUT2D eigenvalue weighted by atomic mass is 79.9. The molecule has 0 amide bonds. The zero-order valence-corrected chi connectivity index (χ0v) is 11.0. The third-order valence-electron chi connectivity index (χ3n) is 1.97. The van der Waals surface area contributed by atoms with E-state index in [1.54, 1.807) is 0 Å². The van der Waals surface area contributed by atoms with E-state index in [1.807, 2.05) is 37.3 Å². The van der Waals surface area contributed by atoms with Gasteiger partial charge < -0.3 is 9.47 Å². The van der Waals surface area contributed by atoms with Gasteiger partial charge in [-0.25, -0.2) is 0 Å². The lowest BCUT2D eigenvalue weighted by Crippen LogP contribution is -2.18. The van der Waals surface area contributed by atoms with Crippen molar-refractivity contribution < 1.29 is 9.47 Å². The van der Waals surface area contributed by atoms with Crippen LogP contribution in [0.25, 0.3) is 6.08 Å². The van der Waals surface area contributed by atoms with E-state index in [9.17, 15) is 0 Å². The van der Waals surface area contributed by atoms with Crippen molar-refractivity contribution in [2.24, 2.45) is 0 Å². The van der Waals surface area contributed by atoms with Gasteiger partial charge in [0.05, 0.1) is 11.9 Å². The molecular formula is C13H17BrO2. The first-order valence-electron chi connectivity index (χ1n) is 5.37. The zero-order chi connectivity index (χ0) is 11.6. The summed E-state index contributed by atoms with van der Waals surface area (Å²) >= 11 is 3.34. The van der Waals surface area contributed by atoms with Gasteiger partial charge in [-0.15, -0.1) is 0 Å². The molecule has 3 heteroatoms. The highest BCUT2D eigenvalue weighted by molar-refractivity contribution is 9.09. The normalized spacial score (nSPS) is 13.1. The summed E-state index contributed by atoms with van der Waals surface area (Å²) in [6.45, 7) is 3.18. The van der Waals surface area contributed by atoms with Crippen molar-refractivity contribution in [3.8, 4) is 0 Å². The second-order valence-corrected chi connectivity index (χ2v) is 3.83. The number of halogens is 1. The maximum atomic E-state index is 5.50. The zero-order valence-electron chi connectivity index (χ0n) is 9.43. The van der Waals surface area contributed by atoms with Crippen molar-refractivity contribution in [1.82, 2.24) is 0 Å². The molecule has 1 aromatic carbocycles. The molecular weight excluding hydrogens is 268 g/mol. The molecule has 0 aliphatic heterocycles. The minimum absolute atomic E-state index is 0.162. The molecule has 0 aliphatic rings. The highest BCUT2D eigenvalue weighted by Crippen LogP contribution is 2.03. The minimum Gasteiger partial charge on any atom is -0.352 e. The summed E-state index contributed by atoms with van der Waals surface area (Å²) in [6, 6.07) is 10.1. The predicted octanol–water partition coefficient (Wildman–Crippen LogP) is 3.47. The molecule has 1 aromatic rings. The Balaban J connectivity index is 2.26. The molecule has 0 aliphatic carbocycles. The van der Waals surface area contributed by atoms with Crippen LogP contribution in [0.2, 0.25) is 0 Å². The Hall–Kier alpha value is -0.640. The molecule has 88 valence electrons.